The molecule has 108 valence electrons. The number of aliphatic hydroxyl groups is 2. The van der Waals surface area contributed by atoms with Crippen molar-refractivity contribution in [3.8, 4) is 0 Å². The maximum atomic E-state index is 9.76. The summed E-state index contributed by atoms with van der Waals surface area (Å²) in [5.74, 6) is 0. The largest absolute Gasteiger partial charge is 0.396 e. The lowest BCUT2D eigenvalue weighted by atomic mass is 9.79. The minimum Gasteiger partial charge on any atom is -0.396 e. The third kappa shape index (κ3) is 3.66. The van der Waals surface area contributed by atoms with Crippen LogP contribution in [0.3, 0.4) is 0 Å². The Morgan fingerprint density at radius 2 is 1.85 bits per heavy atom. The Kier molecular flexibility index (Phi) is 5.29. The minimum atomic E-state index is -0.461. The maximum absolute atomic E-state index is 9.76. The summed E-state index contributed by atoms with van der Waals surface area (Å²) in [6, 6.07) is 10.0. The molecule has 0 atom stereocenters. The van der Waals surface area contributed by atoms with Gasteiger partial charge >= 0.3 is 0 Å². The number of rotatable bonds is 7. The second-order valence-corrected chi connectivity index (χ2v) is 6.28. The van der Waals surface area contributed by atoms with E-state index in [-0.39, 0.29) is 13.2 Å². The first-order valence-electron chi connectivity index (χ1n) is 6.84. The molecule has 0 saturated carbocycles. The molecule has 0 aliphatic heterocycles. The van der Waals surface area contributed by atoms with Crippen molar-refractivity contribution in [3.05, 3.63) is 52.0 Å². The molecule has 3 nitrogen and oxygen atoms in total. The highest BCUT2D eigenvalue weighted by atomic mass is 32.1. The van der Waals surface area contributed by atoms with Crippen LogP contribution in [0.4, 0.5) is 0 Å². The number of hydrogen-bond acceptors (Lipinski definition) is 4. The molecule has 0 radical (unpaired) electrons. The Morgan fingerprint density at radius 1 is 1.15 bits per heavy atom. The van der Waals surface area contributed by atoms with Crippen molar-refractivity contribution in [1.82, 2.24) is 4.98 Å². The summed E-state index contributed by atoms with van der Waals surface area (Å²) in [4.78, 5) is 5.49. The average Bonchev–Trinajstić information content (AvgIpc) is 2.90. The number of nitrogens with zero attached hydrogens (tertiary/aromatic N) is 1. The molecule has 1 aromatic carbocycles. The van der Waals surface area contributed by atoms with E-state index in [1.165, 1.54) is 4.88 Å². The van der Waals surface area contributed by atoms with Crippen LogP contribution in [0.1, 0.15) is 22.6 Å². The lowest BCUT2D eigenvalue weighted by Crippen LogP contribution is -2.33. The van der Waals surface area contributed by atoms with Gasteiger partial charge in [0, 0.05) is 10.3 Å². The summed E-state index contributed by atoms with van der Waals surface area (Å²) in [7, 11) is 0. The van der Waals surface area contributed by atoms with Crippen LogP contribution in [0.25, 0.3) is 0 Å². The van der Waals surface area contributed by atoms with Crippen molar-refractivity contribution in [2.75, 3.05) is 13.2 Å². The van der Waals surface area contributed by atoms with Crippen LogP contribution in [-0.2, 0) is 12.8 Å². The fourth-order valence-electron chi connectivity index (χ4n) is 2.38. The van der Waals surface area contributed by atoms with Gasteiger partial charge in [-0.15, -0.1) is 11.3 Å². The van der Waals surface area contributed by atoms with E-state index in [1.807, 2.05) is 42.8 Å². The molecule has 1 aromatic heterocycles. The predicted molar refractivity (Wildman–Crippen MR) is 81.9 cm³/mol. The first-order valence-corrected chi connectivity index (χ1v) is 7.72. The molecular weight excluding hydrogens is 270 g/mol. The van der Waals surface area contributed by atoms with Crippen LogP contribution < -0.4 is 0 Å². The van der Waals surface area contributed by atoms with E-state index in [0.717, 1.165) is 24.1 Å². The molecule has 20 heavy (non-hydrogen) atoms. The third-order valence-electron chi connectivity index (χ3n) is 3.82. The van der Waals surface area contributed by atoms with E-state index in [4.69, 9.17) is 0 Å². The van der Waals surface area contributed by atoms with E-state index in [1.54, 1.807) is 11.3 Å². The monoisotopic (exact) mass is 291 g/mol. The normalized spacial score (nSPS) is 11.8. The fraction of sp³-hybridized carbons (Fsp3) is 0.438. The zero-order valence-corrected chi connectivity index (χ0v) is 12.6. The second kappa shape index (κ2) is 6.97. The molecule has 0 aliphatic carbocycles. The molecule has 0 aliphatic rings. The molecule has 1 heterocycles. The summed E-state index contributed by atoms with van der Waals surface area (Å²) >= 11 is 1.64. The average molecular weight is 291 g/mol. The summed E-state index contributed by atoms with van der Waals surface area (Å²) in [5.41, 5.74) is 3.59. The predicted octanol–water partition coefficient (Wildman–Crippen LogP) is 2.60. The SMILES string of the molecule is Cc1ncsc1CCC(CO)(CO)Cc1ccccc1. The van der Waals surface area contributed by atoms with Gasteiger partial charge in [0.1, 0.15) is 0 Å². The number of aromatic nitrogens is 1. The fourth-order valence-corrected chi connectivity index (χ4v) is 3.16. The van der Waals surface area contributed by atoms with Crippen LogP contribution >= 0.6 is 11.3 Å². The van der Waals surface area contributed by atoms with Crippen LogP contribution in [-0.4, -0.2) is 28.4 Å². The van der Waals surface area contributed by atoms with Gasteiger partial charge in [0.15, 0.2) is 0 Å². The Bertz CT molecular complexity index is 520. The van der Waals surface area contributed by atoms with Gasteiger partial charge in [-0.2, -0.15) is 0 Å². The van der Waals surface area contributed by atoms with Gasteiger partial charge in [0.2, 0.25) is 0 Å². The van der Waals surface area contributed by atoms with Crippen LogP contribution in [0.15, 0.2) is 35.8 Å². The van der Waals surface area contributed by atoms with Gasteiger partial charge in [-0.05, 0) is 31.7 Å². The van der Waals surface area contributed by atoms with Crippen molar-refractivity contribution in [1.29, 1.82) is 0 Å². The van der Waals surface area contributed by atoms with Crippen molar-refractivity contribution >= 4 is 11.3 Å². The van der Waals surface area contributed by atoms with Crippen molar-refractivity contribution in [2.45, 2.75) is 26.2 Å². The van der Waals surface area contributed by atoms with Gasteiger partial charge < -0.3 is 10.2 Å². The lowest BCUT2D eigenvalue weighted by Gasteiger charge is -2.30. The van der Waals surface area contributed by atoms with Crippen molar-refractivity contribution in [2.24, 2.45) is 5.41 Å². The number of hydrogen-bond donors (Lipinski definition) is 2. The van der Waals surface area contributed by atoms with Gasteiger partial charge in [-0.3, -0.25) is 0 Å². The Labute approximate surface area is 123 Å². The van der Waals surface area contributed by atoms with Crippen molar-refractivity contribution < 1.29 is 10.2 Å². The lowest BCUT2D eigenvalue weighted by molar-refractivity contribution is 0.0476. The van der Waals surface area contributed by atoms with Gasteiger partial charge in [0.25, 0.3) is 0 Å². The summed E-state index contributed by atoms with van der Waals surface area (Å²) in [6.45, 7) is 2.00. The van der Waals surface area contributed by atoms with Crippen LogP contribution in [0.5, 0.6) is 0 Å². The number of aliphatic hydroxyl groups excluding tert-OH is 2. The zero-order valence-electron chi connectivity index (χ0n) is 11.7. The van der Waals surface area contributed by atoms with Gasteiger partial charge in [-0.1, -0.05) is 30.3 Å². The van der Waals surface area contributed by atoms with E-state index in [0.29, 0.717) is 6.42 Å². The minimum absolute atomic E-state index is 0.00372. The number of aryl methyl sites for hydroxylation is 2. The number of thiazole rings is 1. The molecule has 2 rings (SSSR count). The second-order valence-electron chi connectivity index (χ2n) is 5.34. The summed E-state index contributed by atoms with van der Waals surface area (Å²) in [6.07, 6.45) is 2.31. The zero-order chi connectivity index (χ0) is 14.4. The first kappa shape index (κ1) is 15.2. The molecular formula is C16H21NO2S. The molecule has 2 aromatic rings. The first-order chi connectivity index (χ1) is 9.69. The smallest absolute Gasteiger partial charge is 0.0797 e. The quantitative estimate of drug-likeness (QED) is 0.824. The third-order valence-corrected chi connectivity index (χ3v) is 4.81. The Balaban J connectivity index is 2.07. The van der Waals surface area contributed by atoms with Crippen LogP contribution in [0.2, 0.25) is 0 Å². The molecule has 2 N–H and O–H groups in total. The molecule has 0 bridgehead atoms. The standard InChI is InChI=1S/C16H21NO2S/c1-13-15(20-12-17-13)7-8-16(10-18,11-19)9-14-5-3-2-4-6-14/h2-6,12,18-19H,7-11H2,1H3. The maximum Gasteiger partial charge on any atom is 0.0797 e. The van der Waals surface area contributed by atoms with E-state index in [2.05, 4.69) is 4.98 Å². The molecule has 0 saturated heterocycles. The summed E-state index contributed by atoms with van der Waals surface area (Å²) < 4.78 is 0. The summed E-state index contributed by atoms with van der Waals surface area (Å²) in [5, 5.41) is 19.5. The molecule has 0 amide bonds. The highest BCUT2D eigenvalue weighted by Crippen LogP contribution is 2.29. The highest BCUT2D eigenvalue weighted by Gasteiger charge is 2.29. The van der Waals surface area contributed by atoms with E-state index < -0.39 is 5.41 Å². The molecule has 0 unspecified atom stereocenters. The Morgan fingerprint density at radius 3 is 2.40 bits per heavy atom. The number of benzene rings is 1. The Hall–Kier alpha value is -1.23. The van der Waals surface area contributed by atoms with Crippen molar-refractivity contribution in [3.63, 3.8) is 0 Å². The van der Waals surface area contributed by atoms with E-state index >= 15 is 0 Å². The molecule has 0 fully saturated rings. The topological polar surface area (TPSA) is 53.4 Å². The molecule has 0 spiro atoms. The van der Waals surface area contributed by atoms with E-state index in [9.17, 15) is 10.2 Å². The molecule has 4 heteroatoms. The van der Waals surface area contributed by atoms with Crippen LogP contribution in [0, 0.1) is 12.3 Å². The highest BCUT2D eigenvalue weighted by molar-refractivity contribution is 7.09. The van der Waals surface area contributed by atoms with Gasteiger partial charge in [-0.25, -0.2) is 4.98 Å². The van der Waals surface area contributed by atoms with Gasteiger partial charge in [0.05, 0.1) is 24.4 Å².